The van der Waals surface area contributed by atoms with Crippen molar-refractivity contribution in [2.24, 2.45) is 0 Å². The highest BCUT2D eigenvalue weighted by molar-refractivity contribution is 8.01. The van der Waals surface area contributed by atoms with Crippen molar-refractivity contribution in [1.82, 2.24) is 0 Å². The highest BCUT2D eigenvalue weighted by Gasteiger charge is 2.45. The summed E-state index contributed by atoms with van der Waals surface area (Å²) < 4.78 is 27.6. The van der Waals surface area contributed by atoms with Crippen LogP contribution in [0, 0.1) is 13.8 Å². The first-order chi connectivity index (χ1) is 22.0. The molecule has 0 radical (unpaired) electrons. The Bertz CT molecular complexity index is 1810. The van der Waals surface area contributed by atoms with Crippen molar-refractivity contribution in [2.75, 3.05) is 0 Å². The molecule has 1 unspecified atom stereocenters. The summed E-state index contributed by atoms with van der Waals surface area (Å²) in [6.45, 7) is 10.1. The highest BCUT2D eigenvalue weighted by Crippen LogP contribution is 2.53. The van der Waals surface area contributed by atoms with Gasteiger partial charge in [-0.2, -0.15) is 0 Å². The van der Waals surface area contributed by atoms with Gasteiger partial charge in [0.2, 0.25) is 18.2 Å². The third-order valence-electron chi connectivity index (χ3n) is 8.03. The summed E-state index contributed by atoms with van der Waals surface area (Å²) in [4.78, 5) is 29.7. The van der Waals surface area contributed by atoms with Gasteiger partial charge in [-0.3, -0.25) is 9.59 Å². The summed E-state index contributed by atoms with van der Waals surface area (Å²) in [5, 5.41) is 0.192. The van der Waals surface area contributed by atoms with Gasteiger partial charge in [-0.1, -0.05) is 118 Å². The van der Waals surface area contributed by atoms with Crippen LogP contribution in [0.3, 0.4) is 0 Å². The molecular formula is C40H39O5P. The molecule has 6 heteroatoms. The Morgan fingerprint density at radius 1 is 0.587 bits per heavy atom. The van der Waals surface area contributed by atoms with Gasteiger partial charge in [0, 0.05) is 27.6 Å². The lowest BCUT2D eigenvalue weighted by atomic mass is 9.84. The van der Waals surface area contributed by atoms with E-state index in [1.165, 1.54) is 0 Å². The molecule has 5 aromatic carbocycles. The third-order valence-corrected chi connectivity index (χ3v) is 10.6. The molecule has 1 atom stereocenters. The molecule has 0 aliphatic carbocycles. The number of benzene rings is 5. The normalized spacial score (nSPS) is 12.6. The van der Waals surface area contributed by atoms with Gasteiger partial charge in [0.05, 0.1) is 0 Å². The molecule has 0 saturated heterocycles. The Morgan fingerprint density at radius 3 is 1.43 bits per heavy atom. The van der Waals surface area contributed by atoms with Crippen LogP contribution in [-0.2, 0) is 23.2 Å². The van der Waals surface area contributed by atoms with Crippen LogP contribution in [-0.4, -0.2) is 11.0 Å². The zero-order chi connectivity index (χ0) is 32.9. The molecule has 0 bridgehead atoms. The summed E-state index contributed by atoms with van der Waals surface area (Å²) >= 11 is 0. The van der Waals surface area contributed by atoms with Crippen molar-refractivity contribution in [3.63, 3.8) is 0 Å². The molecule has 46 heavy (non-hydrogen) atoms. The molecule has 0 saturated carbocycles. The molecule has 0 spiro atoms. The second-order valence-corrected chi connectivity index (χ2v) is 15.0. The largest absolute Gasteiger partial charge is 0.489 e. The SMILES string of the molecule is Cc1cc(C(C)(C)C)cc(C)c1C(=O)P(=O)(C(=O)c1c(COc2ccccc2)cccc1COc1ccccc1)c1ccccc1. The number of ether oxygens (including phenoxy) is 2. The quantitative estimate of drug-likeness (QED) is 0.136. The van der Waals surface area contributed by atoms with Gasteiger partial charge < -0.3 is 14.0 Å². The van der Waals surface area contributed by atoms with E-state index < -0.39 is 18.2 Å². The number of hydrogen-bond acceptors (Lipinski definition) is 5. The van der Waals surface area contributed by atoms with Crippen molar-refractivity contribution in [2.45, 2.75) is 53.2 Å². The van der Waals surface area contributed by atoms with Crippen molar-refractivity contribution >= 4 is 23.5 Å². The van der Waals surface area contributed by atoms with Gasteiger partial charge in [0.1, 0.15) is 24.7 Å². The van der Waals surface area contributed by atoms with E-state index in [1.807, 2.05) is 92.7 Å². The van der Waals surface area contributed by atoms with E-state index in [9.17, 15) is 9.59 Å². The maximum atomic E-state index is 15.5. The van der Waals surface area contributed by atoms with Crippen LogP contribution in [0.1, 0.15) is 69.3 Å². The van der Waals surface area contributed by atoms with Gasteiger partial charge in [-0.05, 0) is 60.2 Å². The molecule has 0 aromatic heterocycles. The van der Waals surface area contributed by atoms with E-state index in [2.05, 4.69) is 20.8 Å². The predicted octanol–water partition coefficient (Wildman–Crippen LogP) is 9.43. The van der Waals surface area contributed by atoms with Crippen LogP contribution in [0.5, 0.6) is 11.5 Å². The van der Waals surface area contributed by atoms with Crippen LogP contribution < -0.4 is 14.8 Å². The number of aryl methyl sites for hydroxylation is 2. The minimum Gasteiger partial charge on any atom is -0.489 e. The lowest BCUT2D eigenvalue weighted by molar-refractivity contribution is 0.103. The Morgan fingerprint density at radius 2 is 1.00 bits per heavy atom. The Kier molecular flexibility index (Phi) is 9.74. The minimum absolute atomic E-state index is 0.0333. The number of hydrogen-bond donors (Lipinski definition) is 0. The molecule has 0 fully saturated rings. The van der Waals surface area contributed by atoms with Crippen LogP contribution in [0.2, 0.25) is 0 Å². The molecule has 0 aliphatic rings. The van der Waals surface area contributed by atoms with Gasteiger partial charge in [0.25, 0.3) is 0 Å². The Labute approximate surface area is 271 Å². The zero-order valence-corrected chi connectivity index (χ0v) is 27.8. The lowest BCUT2D eigenvalue weighted by Crippen LogP contribution is -2.24. The van der Waals surface area contributed by atoms with Crippen LogP contribution in [0.15, 0.2) is 121 Å². The van der Waals surface area contributed by atoms with E-state index in [1.54, 1.807) is 42.5 Å². The van der Waals surface area contributed by atoms with Gasteiger partial charge in [0.15, 0.2) is 0 Å². The van der Waals surface area contributed by atoms with Crippen LogP contribution in [0.4, 0.5) is 0 Å². The smallest absolute Gasteiger partial charge is 0.248 e. The maximum absolute atomic E-state index is 15.5. The summed E-state index contributed by atoms with van der Waals surface area (Å²) in [6, 6.07) is 36.2. The summed E-state index contributed by atoms with van der Waals surface area (Å²) in [7, 11) is -4.44. The van der Waals surface area contributed by atoms with Crippen molar-refractivity contribution in [3.8, 4) is 11.5 Å². The molecule has 5 aromatic rings. The summed E-state index contributed by atoms with van der Waals surface area (Å²) in [5.74, 6) is 1.25. The van der Waals surface area contributed by atoms with E-state index in [0.717, 1.165) is 5.56 Å². The molecule has 5 nitrogen and oxygen atoms in total. The second kappa shape index (κ2) is 13.7. The minimum atomic E-state index is -4.44. The molecule has 0 amide bonds. The molecule has 0 heterocycles. The maximum Gasteiger partial charge on any atom is 0.248 e. The number of carbonyl (C=O) groups is 2. The Balaban J connectivity index is 1.66. The number of carbonyl (C=O) groups excluding carboxylic acids is 2. The van der Waals surface area contributed by atoms with Crippen LogP contribution in [0.25, 0.3) is 0 Å². The first-order valence-corrected chi connectivity index (χ1v) is 17.0. The zero-order valence-electron chi connectivity index (χ0n) is 26.9. The van der Waals surface area contributed by atoms with Gasteiger partial charge in [-0.15, -0.1) is 0 Å². The third kappa shape index (κ3) is 6.90. The molecule has 234 valence electrons. The average Bonchev–Trinajstić information content (AvgIpc) is 3.06. The molecule has 0 aliphatic heterocycles. The van der Waals surface area contributed by atoms with Crippen molar-refractivity contribution < 1.29 is 23.6 Å². The predicted molar refractivity (Wildman–Crippen MR) is 185 cm³/mol. The Hall–Kier alpha value is -4.73. The standard InChI is InChI=1S/C40H39O5P/c1-28-24-32(40(3,4)5)25-29(2)36(28)38(41)46(43,35-22-13-8-14-23-35)39(42)37-30(26-44-33-18-9-6-10-19-33)16-15-17-31(37)27-45-34-20-11-7-12-21-34/h6-25H,26-27H2,1-5H3. The first kappa shape index (κ1) is 32.7. The second-order valence-electron chi connectivity index (χ2n) is 12.4. The fourth-order valence-corrected chi connectivity index (χ4v) is 8.05. The topological polar surface area (TPSA) is 69.7 Å². The van der Waals surface area contributed by atoms with E-state index >= 15 is 4.57 Å². The summed E-state index contributed by atoms with van der Waals surface area (Å²) in [6.07, 6.45) is 0. The number of para-hydroxylation sites is 2. The fraction of sp³-hybridized carbons (Fsp3) is 0.200. The molecule has 0 N–H and O–H groups in total. The lowest BCUT2D eigenvalue weighted by Gasteiger charge is -2.24. The van der Waals surface area contributed by atoms with E-state index in [-0.39, 0.29) is 29.5 Å². The first-order valence-electron chi connectivity index (χ1n) is 15.3. The summed E-state index contributed by atoms with van der Waals surface area (Å²) in [5.41, 5.74) is 2.40. The van der Waals surface area contributed by atoms with Gasteiger partial charge in [-0.25, -0.2) is 0 Å². The van der Waals surface area contributed by atoms with Crippen LogP contribution >= 0.6 is 7.14 Å². The fourth-order valence-electron chi connectivity index (χ4n) is 5.54. The molecular weight excluding hydrogens is 591 g/mol. The molecule has 5 rings (SSSR count). The monoisotopic (exact) mass is 630 g/mol. The number of rotatable bonds is 11. The van der Waals surface area contributed by atoms with Gasteiger partial charge >= 0.3 is 0 Å². The van der Waals surface area contributed by atoms with E-state index in [0.29, 0.717) is 39.3 Å². The van der Waals surface area contributed by atoms with Crippen molar-refractivity contribution in [1.29, 1.82) is 0 Å². The average molecular weight is 631 g/mol. The van der Waals surface area contributed by atoms with E-state index in [4.69, 9.17) is 9.47 Å². The van der Waals surface area contributed by atoms with Crippen molar-refractivity contribution in [3.05, 3.63) is 160 Å². The highest BCUT2D eigenvalue weighted by atomic mass is 31.2.